The van der Waals surface area contributed by atoms with Crippen molar-refractivity contribution in [3.05, 3.63) is 45.9 Å². The van der Waals surface area contributed by atoms with Gasteiger partial charge in [-0.25, -0.2) is 4.98 Å². The van der Waals surface area contributed by atoms with E-state index in [0.717, 1.165) is 6.07 Å². The van der Waals surface area contributed by atoms with Gasteiger partial charge in [0.05, 0.1) is 23.1 Å². The monoisotopic (exact) mass is 511 g/mol. The summed E-state index contributed by atoms with van der Waals surface area (Å²) >= 11 is 6.54. The number of carbonyl (C=O) groups excluding carboxylic acids is 2. The number of primary amides is 1. The molecule has 178 valence electrons. The lowest BCUT2D eigenvalue weighted by Gasteiger charge is -2.15. The molecule has 0 saturated heterocycles. The SMILES string of the molecule is Cc1c(-c2cc(C(F)(F)F)nc3sc(C(N)=O)c(NC(=O)C(C)n4cc(Cl)cn4)c23)cnn1C. The first-order valence-electron chi connectivity index (χ1n) is 9.72. The number of anilines is 1. The number of hydrogen-bond acceptors (Lipinski definition) is 6. The highest BCUT2D eigenvalue weighted by Crippen LogP contribution is 2.44. The fourth-order valence-corrected chi connectivity index (χ4v) is 4.54. The van der Waals surface area contributed by atoms with Gasteiger partial charge in [-0.1, -0.05) is 11.6 Å². The molecule has 14 heteroatoms. The maximum Gasteiger partial charge on any atom is 0.433 e. The zero-order valence-electron chi connectivity index (χ0n) is 17.9. The number of fused-ring (bicyclic) bond motifs is 1. The molecular weight excluding hydrogens is 495 g/mol. The summed E-state index contributed by atoms with van der Waals surface area (Å²) in [4.78, 5) is 28.7. The van der Waals surface area contributed by atoms with Gasteiger partial charge in [0, 0.05) is 29.9 Å². The van der Waals surface area contributed by atoms with Gasteiger partial charge in [-0.15, -0.1) is 11.3 Å². The standard InChI is InChI=1S/C20H17ClF3N7O2S/c1-8-12(6-26-30(8)3)11-4-13(20(22,23)24)28-19-14(11)15(16(34-19)17(25)32)29-18(33)9(2)31-7-10(21)5-27-31/h4-7,9H,1-3H3,(H2,25,32)(H,29,33). The van der Waals surface area contributed by atoms with Crippen LogP contribution in [0.1, 0.15) is 34.0 Å². The first kappa shape index (κ1) is 23.7. The third kappa shape index (κ3) is 4.12. The Labute approximate surface area is 199 Å². The Morgan fingerprint density at radius 2 is 1.94 bits per heavy atom. The average Bonchev–Trinajstić information content (AvgIpc) is 3.44. The maximum atomic E-state index is 13.6. The van der Waals surface area contributed by atoms with Gasteiger partial charge in [-0.3, -0.25) is 19.0 Å². The number of nitrogens with zero attached hydrogens (tertiary/aromatic N) is 5. The summed E-state index contributed by atoms with van der Waals surface area (Å²) in [6.07, 6.45) is -0.542. The van der Waals surface area contributed by atoms with E-state index in [0.29, 0.717) is 27.6 Å². The van der Waals surface area contributed by atoms with Crippen molar-refractivity contribution >= 4 is 50.7 Å². The summed E-state index contributed by atoms with van der Waals surface area (Å²) in [5, 5.41) is 11.2. The van der Waals surface area contributed by atoms with Crippen LogP contribution in [0.5, 0.6) is 0 Å². The summed E-state index contributed by atoms with van der Waals surface area (Å²) in [6.45, 7) is 3.23. The third-order valence-electron chi connectivity index (χ3n) is 5.30. The molecule has 0 fully saturated rings. The van der Waals surface area contributed by atoms with Crippen LogP contribution in [0.3, 0.4) is 0 Å². The summed E-state index contributed by atoms with van der Waals surface area (Å²) in [5.74, 6) is -1.51. The molecule has 4 aromatic rings. The number of nitrogens with one attached hydrogen (secondary N) is 1. The number of aryl methyl sites for hydroxylation is 1. The Balaban J connectivity index is 1.95. The minimum atomic E-state index is -4.74. The van der Waals surface area contributed by atoms with Crippen LogP contribution in [0.4, 0.5) is 18.9 Å². The van der Waals surface area contributed by atoms with E-state index in [2.05, 4.69) is 20.5 Å². The van der Waals surface area contributed by atoms with Crippen LogP contribution in [0.15, 0.2) is 24.7 Å². The van der Waals surface area contributed by atoms with E-state index in [1.54, 1.807) is 20.9 Å². The zero-order valence-corrected chi connectivity index (χ0v) is 19.5. The lowest BCUT2D eigenvalue weighted by Crippen LogP contribution is -2.25. The summed E-state index contributed by atoms with van der Waals surface area (Å²) in [5.41, 5.74) is 5.41. The van der Waals surface area contributed by atoms with Gasteiger partial charge < -0.3 is 11.1 Å². The molecule has 3 N–H and O–H groups in total. The fourth-order valence-electron chi connectivity index (χ4n) is 3.39. The Bertz CT molecular complexity index is 1440. The topological polar surface area (TPSA) is 121 Å². The van der Waals surface area contributed by atoms with Crippen molar-refractivity contribution in [3.63, 3.8) is 0 Å². The van der Waals surface area contributed by atoms with E-state index in [-0.39, 0.29) is 26.3 Å². The lowest BCUT2D eigenvalue weighted by molar-refractivity contribution is -0.140. The highest BCUT2D eigenvalue weighted by Gasteiger charge is 2.35. The number of rotatable bonds is 5. The van der Waals surface area contributed by atoms with Gasteiger partial charge in [0.15, 0.2) is 0 Å². The molecule has 9 nitrogen and oxygen atoms in total. The highest BCUT2D eigenvalue weighted by molar-refractivity contribution is 7.21. The van der Waals surface area contributed by atoms with Crippen molar-refractivity contribution in [1.82, 2.24) is 24.5 Å². The molecule has 0 saturated carbocycles. The molecule has 0 aliphatic carbocycles. The number of halogens is 4. The Morgan fingerprint density at radius 1 is 1.24 bits per heavy atom. The quantitative estimate of drug-likeness (QED) is 0.416. The zero-order chi connectivity index (χ0) is 24.9. The first-order valence-corrected chi connectivity index (χ1v) is 10.9. The second-order valence-electron chi connectivity index (χ2n) is 7.47. The van der Waals surface area contributed by atoms with E-state index in [1.807, 2.05) is 0 Å². The number of pyridine rings is 1. The molecular formula is C20H17ClF3N7O2S. The largest absolute Gasteiger partial charge is 0.433 e. The van der Waals surface area contributed by atoms with Crippen molar-refractivity contribution in [2.75, 3.05) is 5.32 Å². The maximum absolute atomic E-state index is 13.6. The van der Waals surface area contributed by atoms with Gasteiger partial charge in [0.25, 0.3) is 5.91 Å². The van der Waals surface area contributed by atoms with Gasteiger partial charge in [0.1, 0.15) is 21.4 Å². The number of nitrogens with two attached hydrogens (primary N) is 1. The summed E-state index contributed by atoms with van der Waals surface area (Å²) in [7, 11) is 1.64. The lowest BCUT2D eigenvalue weighted by atomic mass is 10.0. The van der Waals surface area contributed by atoms with E-state index >= 15 is 0 Å². The van der Waals surface area contributed by atoms with Crippen LogP contribution >= 0.6 is 22.9 Å². The van der Waals surface area contributed by atoms with Crippen molar-refractivity contribution in [2.45, 2.75) is 26.1 Å². The molecule has 4 heterocycles. The van der Waals surface area contributed by atoms with E-state index in [1.165, 1.54) is 28.0 Å². The van der Waals surface area contributed by atoms with Crippen LogP contribution in [0.25, 0.3) is 21.3 Å². The van der Waals surface area contributed by atoms with Crippen LogP contribution in [0.2, 0.25) is 5.02 Å². The number of amides is 2. The molecule has 0 bridgehead atoms. The number of thiophene rings is 1. The van der Waals surface area contributed by atoms with E-state index < -0.39 is 29.7 Å². The van der Waals surface area contributed by atoms with Gasteiger partial charge in [0.2, 0.25) is 5.91 Å². The van der Waals surface area contributed by atoms with Gasteiger partial charge >= 0.3 is 6.18 Å². The molecule has 34 heavy (non-hydrogen) atoms. The molecule has 0 aliphatic heterocycles. The Hall–Kier alpha value is -3.45. The van der Waals surface area contributed by atoms with Gasteiger partial charge in [-0.05, 0) is 25.5 Å². The predicted octanol–water partition coefficient (Wildman–Crippen LogP) is 4.17. The predicted molar refractivity (Wildman–Crippen MR) is 121 cm³/mol. The number of hydrogen-bond donors (Lipinski definition) is 2. The molecule has 0 spiro atoms. The molecule has 1 unspecified atom stereocenters. The molecule has 4 aromatic heterocycles. The van der Waals surface area contributed by atoms with Gasteiger partial charge in [-0.2, -0.15) is 23.4 Å². The molecule has 1 atom stereocenters. The number of carbonyl (C=O) groups is 2. The molecule has 4 rings (SSSR count). The van der Waals surface area contributed by atoms with E-state index in [9.17, 15) is 22.8 Å². The Kier molecular flexibility index (Phi) is 5.85. The Morgan fingerprint density at radius 3 is 2.47 bits per heavy atom. The molecule has 2 amide bonds. The van der Waals surface area contributed by atoms with Crippen molar-refractivity contribution in [1.29, 1.82) is 0 Å². The first-order chi connectivity index (χ1) is 15.9. The average molecular weight is 512 g/mol. The van der Waals surface area contributed by atoms with Crippen LogP contribution in [-0.4, -0.2) is 36.4 Å². The molecule has 0 radical (unpaired) electrons. The number of aromatic nitrogens is 5. The van der Waals surface area contributed by atoms with Crippen LogP contribution < -0.4 is 11.1 Å². The van der Waals surface area contributed by atoms with Crippen LogP contribution in [-0.2, 0) is 18.0 Å². The molecule has 0 aromatic carbocycles. The minimum absolute atomic E-state index is 0.0259. The van der Waals surface area contributed by atoms with Crippen molar-refractivity contribution in [3.8, 4) is 11.1 Å². The third-order valence-corrected chi connectivity index (χ3v) is 6.59. The van der Waals surface area contributed by atoms with Crippen LogP contribution in [0, 0.1) is 6.92 Å². The number of alkyl halides is 3. The molecule has 0 aliphatic rings. The second-order valence-corrected chi connectivity index (χ2v) is 8.91. The minimum Gasteiger partial charge on any atom is -0.365 e. The normalized spacial score (nSPS) is 12.8. The highest BCUT2D eigenvalue weighted by atomic mass is 35.5. The smallest absolute Gasteiger partial charge is 0.365 e. The second kappa shape index (κ2) is 8.40. The fraction of sp³-hybridized carbons (Fsp3) is 0.250. The summed E-state index contributed by atoms with van der Waals surface area (Å²) in [6, 6.07) is 0.0186. The van der Waals surface area contributed by atoms with Crippen molar-refractivity contribution in [2.24, 2.45) is 12.8 Å². The van der Waals surface area contributed by atoms with E-state index in [4.69, 9.17) is 17.3 Å². The van der Waals surface area contributed by atoms with Crippen molar-refractivity contribution < 1.29 is 22.8 Å². The summed E-state index contributed by atoms with van der Waals surface area (Å²) < 4.78 is 43.7.